The Balaban J connectivity index is 1.79. The SMILES string of the molecule is COc1ccccc1C(=O)NCCn1c(=O)c(C)cc2ccccc21. The molecule has 0 bridgehead atoms. The van der Waals surface area contributed by atoms with Gasteiger partial charge in [-0.3, -0.25) is 9.59 Å². The molecule has 0 atom stereocenters. The average molecular weight is 336 g/mol. The fourth-order valence-electron chi connectivity index (χ4n) is 2.90. The zero-order valence-corrected chi connectivity index (χ0v) is 14.3. The van der Waals surface area contributed by atoms with E-state index >= 15 is 0 Å². The molecule has 0 radical (unpaired) electrons. The highest BCUT2D eigenvalue weighted by atomic mass is 16.5. The van der Waals surface area contributed by atoms with E-state index in [-0.39, 0.29) is 11.5 Å². The number of pyridine rings is 1. The number of carbonyl (C=O) groups is 1. The molecule has 0 unspecified atom stereocenters. The summed E-state index contributed by atoms with van der Waals surface area (Å²) in [5.41, 5.74) is 2.00. The van der Waals surface area contributed by atoms with Gasteiger partial charge in [-0.15, -0.1) is 0 Å². The highest BCUT2D eigenvalue weighted by Crippen LogP contribution is 2.17. The van der Waals surface area contributed by atoms with Crippen LogP contribution in [0.15, 0.2) is 59.4 Å². The maximum absolute atomic E-state index is 12.5. The first-order chi connectivity index (χ1) is 12.1. The van der Waals surface area contributed by atoms with Gasteiger partial charge in [-0.25, -0.2) is 0 Å². The molecule has 0 aliphatic carbocycles. The fourth-order valence-corrected chi connectivity index (χ4v) is 2.90. The molecule has 1 aromatic heterocycles. The van der Waals surface area contributed by atoms with Crippen molar-refractivity contribution in [3.63, 3.8) is 0 Å². The van der Waals surface area contributed by atoms with E-state index in [1.165, 1.54) is 7.11 Å². The van der Waals surface area contributed by atoms with E-state index in [0.29, 0.717) is 30.0 Å². The topological polar surface area (TPSA) is 60.3 Å². The van der Waals surface area contributed by atoms with Crippen LogP contribution >= 0.6 is 0 Å². The Kier molecular flexibility index (Phi) is 4.84. The number of nitrogens with zero attached hydrogens (tertiary/aromatic N) is 1. The van der Waals surface area contributed by atoms with Crippen LogP contribution in [0.1, 0.15) is 15.9 Å². The van der Waals surface area contributed by atoms with Gasteiger partial charge in [0, 0.05) is 18.7 Å². The van der Waals surface area contributed by atoms with E-state index in [9.17, 15) is 9.59 Å². The van der Waals surface area contributed by atoms with Crippen molar-refractivity contribution < 1.29 is 9.53 Å². The highest BCUT2D eigenvalue weighted by molar-refractivity contribution is 5.96. The summed E-state index contributed by atoms with van der Waals surface area (Å²) in [5, 5.41) is 3.86. The quantitative estimate of drug-likeness (QED) is 0.779. The summed E-state index contributed by atoms with van der Waals surface area (Å²) in [6, 6.07) is 16.7. The van der Waals surface area contributed by atoms with Crippen molar-refractivity contribution in [2.45, 2.75) is 13.5 Å². The zero-order chi connectivity index (χ0) is 17.8. The van der Waals surface area contributed by atoms with Gasteiger partial charge >= 0.3 is 0 Å². The molecule has 3 aromatic rings. The maximum atomic E-state index is 12.5. The van der Waals surface area contributed by atoms with Crippen LogP contribution in [0.4, 0.5) is 0 Å². The molecule has 5 heteroatoms. The van der Waals surface area contributed by atoms with Crippen molar-refractivity contribution in [3.8, 4) is 5.75 Å². The van der Waals surface area contributed by atoms with E-state index in [0.717, 1.165) is 10.9 Å². The van der Waals surface area contributed by atoms with Crippen LogP contribution in [0.5, 0.6) is 5.75 Å². The Morgan fingerprint density at radius 3 is 2.64 bits per heavy atom. The van der Waals surface area contributed by atoms with Crippen LogP contribution in [-0.2, 0) is 6.54 Å². The van der Waals surface area contributed by atoms with Crippen LogP contribution in [0.25, 0.3) is 10.9 Å². The van der Waals surface area contributed by atoms with Crippen molar-refractivity contribution in [1.82, 2.24) is 9.88 Å². The molecular weight excluding hydrogens is 316 g/mol. The molecule has 2 aromatic carbocycles. The molecule has 0 saturated heterocycles. The summed E-state index contributed by atoms with van der Waals surface area (Å²) in [5.74, 6) is 0.306. The molecule has 1 amide bonds. The van der Waals surface area contributed by atoms with Gasteiger partial charge in [0.05, 0.1) is 18.2 Å². The minimum atomic E-state index is -0.220. The number of ether oxygens (including phenoxy) is 1. The Hall–Kier alpha value is -3.08. The number of fused-ring (bicyclic) bond motifs is 1. The fraction of sp³-hybridized carbons (Fsp3) is 0.200. The Labute approximate surface area is 145 Å². The minimum Gasteiger partial charge on any atom is -0.496 e. The second kappa shape index (κ2) is 7.21. The summed E-state index contributed by atoms with van der Waals surface area (Å²) < 4.78 is 6.91. The van der Waals surface area contributed by atoms with Gasteiger partial charge in [-0.1, -0.05) is 30.3 Å². The lowest BCUT2D eigenvalue weighted by Gasteiger charge is -2.13. The molecule has 5 nitrogen and oxygen atoms in total. The number of hydrogen-bond donors (Lipinski definition) is 1. The van der Waals surface area contributed by atoms with Crippen molar-refractivity contribution >= 4 is 16.8 Å². The minimum absolute atomic E-state index is 0.0368. The molecule has 0 saturated carbocycles. The number of methoxy groups -OCH3 is 1. The van der Waals surface area contributed by atoms with Crippen LogP contribution in [0.3, 0.4) is 0 Å². The number of rotatable bonds is 5. The molecule has 3 rings (SSSR count). The average Bonchev–Trinajstić information content (AvgIpc) is 2.64. The molecule has 25 heavy (non-hydrogen) atoms. The molecule has 0 fully saturated rings. The molecular formula is C20H20N2O3. The number of benzene rings is 2. The monoisotopic (exact) mass is 336 g/mol. The Morgan fingerprint density at radius 2 is 1.84 bits per heavy atom. The van der Waals surface area contributed by atoms with Crippen molar-refractivity contribution in [1.29, 1.82) is 0 Å². The largest absolute Gasteiger partial charge is 0.496 e. The Bertz CT molecular complexity index is 976. The van der Waals surface area contributed by atoms with Gasteiger partial charge in [0.15, 0.2) is 0 Å². The first kappa shape index (κ1) is 16.8. The number of amides is 1. The zero-order valence-electron chi connectivity index (χ0n) is 14.3. The van der Waals surface area contributed by atoms with E-state index < -0.39 is 0 Å². The molecule has 128 valence electrons. The molecule has 0 spiro atoms. The first-order valence-electron chi connectivity index (χ1n) is 8.12. The van der Waals surface area contributed by atoms with E-state index in [1.807, 2.05) is 36.4 Å². The number of hydrogen-bond acceptors (Lipinski definition) is 3. The summed E-state index contributed by atoms with van der Waals surface area (Å²) in [7, 11) is 1.53. The van der Waals surface area contributed by atoms with Crippen molar-refractivity contribution in [2.75, 3.05) is 13.7 Å². The number of para-hydroxylation sites is 2. The van der Waals surface area contributed by atoms with Crippen LogP contribution in [0, 0.1) is 6.92 Å². The molecule has 1 heterocycles. The maximum Gasteiger partial charge on any atom is 0.255 e. The van der Waals surface area contributed by atoms with Gasteiger partial charge < -0.3 is 14.6 Å². The predicted molar refractivity (Wildman–Crippen MR) is 98.3 cm³/mol. The third-order valence-corrected chi connectivity index (χ3v) is 4.15. The first-order valence-corrected chi connectivity index (χ1v) is 8.12. The number of aryl methyl sites for hydroxylation is 1. The van der Waals surface area contributed by atoms with Gasteiger partial charge in [-0.2, -0.15) is 0 Å². The third-order valence-electron chi connectivity index (χ3n) is 4.15. The highest BCUT2D eigenvalue weighted by Gasteiger charge is 2.11. The third kappa shape index (κ3) is 3.40. The summed E-state index contributed by atoms with van der Waals surface area (Å²) in [4.78, 5) is 24.8. The summed E-state index contributed by atoms with van der Waals surface area (Å²) >= 11 is 0. The van der Waals surface area contributed by atoms with Crippen LogP contribution in [-0.4, -0.2) is 24.1 Å². The molecule has 0 aliphatic heterocycles. The van der Waals surface area contributed by atoms with E-state index in [1.54, 1.807) is 29.7 Å². The van der Waals surface area contributed by atoms with Crippen LogP contribution in [0.2, 0.25) is 0 Å². The van der Waals surface area contributed by atoms with Gasteiger partial charge in [0.25, 0.3) is 11.5 Å². The molecule has 0 aliphatic rings. The summed E-state index contributed by atoms with van der Waals surface area (Å²) in [6.45, 7) is 2.56. The second-order valence-corrected chi connectivity index (χ2v) is 5.80. The molecule has 1 N–H and O–H groups in total. The lowest BCUT2D eigenvalue weighted by Crippen LogP contribution is -2.31. The summed E-state index contributed by atoms with van der Waals surface area (Å²) in [6.07, 6.45) is 0. The van der Waals surface area contributed by atoms with Crippen molar-refractivity contribution in [2.24, 2.45) is 0 Å². The predicted octanol–water partition coefficient (Wildman–Crippen LogP) is 2.75. The number of carbonyl (C=O) groups excluding carboxylic acids is 1. The normalized spacial score (nSPS) is 10.6. The smallest absolute Gasteiger partial charge is 0.255 e. The number of nitrogens with one attached hydrogen (secondary N) is 1. The van der Waals surface area contributed by atoms with Crippen molar-refractivity contribution in [3.05, 3.63) is 76.1 Å². The van der Waals surface area contributed by atoms with E-state index in [2.05, 4.69) is 5.32 Å². The van der Waals surface area contributed by atoms with Crippen LogP contribution < -0.4 is 15.6 Å². The second-order valence-electron chi connectivity index (χ2n) is 5.80. The van der Waals surface area contributed by atoms with E-state index in [4.69, 9.17) is 4.74 Å². The van der Waals surface area contributed by atoms with Gasteiger partial charge in [-0.05, 0) is 36.6 Å². The Morgan fingerprint density at radius 1 is 1.12 bits per heavy atom. The lowest BCUT2D eigenvalue weighted by molar-refractivity contribution is 0.0949. The lowest BCUT2D eigenvalue weighted by atomic mass is 10.1. The van der Waals surface area contributed by atoms with Gasteiger partial charge in [0.1, 0.15) is 5.75 Å². The standard InChI is InChI=1S/C20H20N2O3/c1-14-13-15-7-3-5-9-17(15)22(20(14)24)12-11-21-19(23)16-8-4-6-10-18(16)25-2/h3-10,13H,11-12H2,1-2H3,(H,21,23). The number of aromatic nitrogens is 1. The van der Waals surface area contributed by atoms with Gasteiger partial charge in [0.2, 0.25) is 0 Å².